The van der Waals surface area contributed by atoms with E-state index in [4.69, 9.17) is 0 Å². The van der Waals surface area contributed by atoms with Gasteiger partial charge >= 0.3 is 18.4 Å². The van der Waals surface area contributed by atoms with Crippen molar-refractivity contribution in [3.8, 4) is 5.75 Å². The fourth-order valence-corrected chi connectivity index (χ4v) is 6.05. The maximum Gasteiger partial charge on any atom is 0.573 e. The van der Waals surface area contributed by atoms with Crippen LogP contribution in [0.5, 0.6) is 5.75 Å². The molecule has 1 aromatic rings. The molecule has 0 bridgehead atoms. The van der Waals surface area contributed by atoms with Crippen LogP contribution in [-0.4, -0.2) is 71.9 Å². The van der Waals surface area contributed by atoms with E-state index in [1.165, 1.54) is 7.05 Å². The monoisotopic (exact) mass is 527 g/mol. The maximum absolute atomic E-state index is 14.4. The van der Waals surface area contributed by atoms with E-state index in [1.54, 1.807) is 9.80 Å². The van der Waals surface area contributed by atoms with E-state index >= 15 is 0 Å². The molecule has 2 atom stereocenters. The van der Waals surface area contributed by atoms with Crippen molar-refractivity contribution in [2.45, 2.75) is 69.1 Å². The number of carbonyl (C=O) groups is 3. The zero-order valence-corrected chi connectivity index (χ0v) is 20.3. The molecule has 2 spiro atoms. The van der Waals surface area contributed by atoms with Gasteiger partial charge in [0, 0.05) is 61.7 Å². The van der Waals surface area contributed by atoms with Crippen molar-refractivity contribution in [1.82, 2.24) is 25.8 Å². The Morgan fingerprint density at radius 2 is 1.97 bits per heavy atom. The van der Waals surface area contributed by atoms with E-state index in [2.05, 4.69) is 20.7 Å². The molecule has 2 unspecified atom stereocenters. The first-order valence-corrected chi connectivity index (χ1v) is 12.3. The highest BCUT2D eigenvalue weighted by Gasteiger charge is 2.67. The van der Waals surface area contributed by atoms with Gasteiger partial charge < -0.3 is 30.5 Å². The van der Waals surface area contributed by atoms with E-state index in [9.17, 15) is 31.9 Å². The Labute approximate surface area is 210 Å². The van der Waals surface area contributed by atoms with Crippen LogP contribution >= 0.6 is 0 Å². The summed E-state index contributed by atoms with van der Waals surface area (Å²) < 4.78 is 55.3. The first-order chi connectivity index (χ1) is 17.4. The summed E-state index contributed by atoms with van der Waals surface area (Å²) in [6, 6.07) is 1.63. The number of urea groups is 2. The predicted octanol–water partition coefficient (Wildman–Crippen LogP) is 2.85. The second kappa shape index (κ2) is 8.95. The molecular weight excluding hydrogens is 498 g/mol. The summed E-state index contributed by atoms with van der Waals surface area (Å²) in [4.78, 5) is 41.8. The quantitative estimate of drug-likeness (QED) is 0.513. The van der Waals surface area contributed by atoms with Crippen molar-refractivity contribution in [2.75, 3.05) is 20.1 Å². The van der Waals surface area contributed by atoms with Crippen molar-refractivity contribution in [3.63, 3.8) is 0 Å². The number of hydrogen-bond donors (Lipinski definition) is 3. The standard InChI is InChI=1S/C24H29F4N5O4/c1-29-20(35)32-12-16(9-22(13-32)10-19(34)31-23(22)6-7-23)33(15-3-4-15)21(36)30-11-14-2-5-17(8-18(14)25)37-24(26,27)28/h2,5,8,15-16H,3-4,6-7,9-13H2,1H3,(H,29,35)(H,30,36)(H,31,34). The SMILES string of the molecule is CNC(=O)N1CC(N(C(=O)NCc2ccc(OC(F)(F)F)cc2F)C2CC2)CC2(CC(=O)NC23CC3)C1. The number of likely N-dealkylation sites (tertiary alicyclic amines) is 1. The predicted molar refractivity (Wildman–Crippen MR) is 122 cm³/mol. The lowest BCUT2D eigenvalue weighted by molar-refractivity contribution is -0.274. The van der Waals surface area contributed by atoms with Crippen LogP contribution in [0.15, 0.2) is 18.2 Å². The van der Waals surface area contributed by atoms with E-state index in [0.29, 0.717) is 25.6 Å². The van der Waals surface area contributed by atoms with Gasteiger partial charge in [0.2, 0.25) is 5.91 Å². The Morgan fingerprint density at radius 1 is 1.24 bits per heavy atom. The first kappa shape index (κ1) is 25.4. The van der Waals surface area contributed by atoms with Crippen LogP contribution in [0.1, 0.15) is 44.1 Å². The summed E-state index contributed by atoms with van der Waals surface area (Å²) in [6.45, 7) is 0.480. The van der Waals surface area contributed by atoms with Crippen LogP contribution in [-0.2, 0) is 11.3 Å². The largest absolute Gasteiger partial charge is 0.573 e. The van der Waals surface area contributed by atoms with Gasteiger partial charge in [0.1, 0.15) is 11.6 Å². The minimum Gasteiger partial charge on any atom is -0.406 e. The lowest BCUT2D eigenvalue weighted by atomic mass is 9.70. The van der Waals surface area contributed by atoms with Gasteiger partial charge in [-0.05, 0) is 38.2 Å². The normalized spacial score (nSPS) is 26.1. The second-order valence-corrected chi connectivity index (χ2v) is 10.5. The number of nitrogens with one attached hydrogen (secondary N) is 3. The Kier molecular flexibility index (Phi) is 6.14. The van der Waals surface area contributed by atoms with Crippen LogP contribution < -0.4 is 20.7 Å². The Morgan fingerprint density at radius 3 is 2.57 bits per heavy atom. The molecule has 2 saturated heterocycles. The number of amides is 5. The van der Waals surface area contributed by atoms with E-state index in [-0.39, 0.29) is 48.1 Å². The Hall–Kier alpha value is -3.25. The minimum atomic E-state index is -4.94. The van der Waals surface area contributed by atoms with Crippen LogP contribution in [0.4, 0.5) is 27.2 Å². The van der Waals surface area contributed by atoms with E-state index in [0.717, 1.165) is 37.8 Å². The number of alkyl halides is 3. The number of ether oxygens (including phenoxy) is 1. The third kappa shape index (κ3) is 4.99. The molecule has 4 aliphatic rings. The summed E-state index contributed by atoms with van der Waals surface area (Å²) in [5.41, 5.74) is -0.828. The number of carbonyl (C=O) groups excluding carboxylic acids is 3. The maximum atomic E-state index is 14.4. The third-order valence-corrected chi connectivity index (χ3v) is 7.95. The van der Waals surface area contributed by atoms with Crippen molar-refractivity contribution in [3.05, 3.63) is 29.6 Å². The molecule has 5 amide bonds. The molecule has 202 valence electrons. The van der Waals surface area contributed by atoms with Crippen molar-refractivity contribution in [2.24, 2.45) is 5.41 Å². The molecule has 2 aliphatic heterocycles. The van der Waals surface area contributed by atoms with E-state index < -0.39 is 29.4 Å². The summed E-state index contributed by atoms with van der Waals surface area (Å²) in [5.74, 6) is -1.67. The number of halogens is 4. The van der Waals surface area contributed by atoms with Gasteiger partial charge in [-0.2, -0.15) is 0 Å². The lowest BCUT2D eigenvalue weighted by Gasteiger charge is -2.49. The third-order valence-electron chi connectivity index (χ3n) is 7.95. The van der Waals surface area contributed by atoms with Gasteiger partial charge in [-0.25, -0.2) is 14.0 Å². The van der Waals surface area contributed by atoms with Crippen LogP contribution in [0.2, 0.25) is 0 Å². The molecule has 13 heteroatoms. The van der Waals surface area contributed by atoms with Gasteiger partial charge in [0.05, 0.1) is 6.04 Å². The number of nitrogens with zero attached hydrogens (tertiary/aromatic N) is 2. The Bertz CT molecular complexity index is 1110. The Balaban J connectivity index is 1.32. The average molecular weight is 528 g/mol. The topological polar surface area (TPSA) is 103 Å². The second-order valence-electron chi connectivity index (χ2n) is 10.5. The van der Waals surface area contributed by atoms with E-state index in [1.807, 2.05) is 0 Å². The molecule has 0 aromatic heterocycles. The first-order valence-electron chi connectivity index (χ1n) is 12.3. The highest BCUT2D eigenvalue weighted by molar-refractivity contribution is 5.83. The molecule has 5 rings (SSSR count). The molecule has 2 saturated carbocycles. The zero-order valence-electron chi connectivity index (χ0n) is 20.3. The number of benzene rings is 1. The van der Waals surface area contributed by atoms with Crippen molar-refractivity contribution >= 4 is 18.0 Å². The lowest BCUT2D eigenvalue weighted by Crippen LogP contribution is -2.63. The minimum absolute atomic E-state index is 0.00764. The molecule has 3 N–H and O–H groups in total. The number of rotatable bonds is 5. The van der Waals surface area contributed by atoms with Crippen LogP contribution in [0.3, 0.4) is 0 Å². The van der Waals surface area contributed by atoms with Gasteiger partial charge in [-0.1, -0.05) is 6.07 Å². The van der Waals surface area contributed by atoms with Crippen molar-refractivity contribution < 1.29 is 36.7 Å². The summed E-state index contributed by atoms with van der Waals surface area (Å²) in [7, 11) is 1.54. The molecule has 37 heavy (non-hydrogen) atoms. The highest BCUT2D eigenvalue weighted by atomic mass is 19.4. The van der Waals surface area contributed by atoms with Crippen LogP contribution in [0, 0.1) is 11.2 Å². The number of piperidine rings is 1. The van der Waals surface area contributed by atoms with Gasteiger partial charge in [-0.3, -0.25) is 4.79 Å². The molecule has 1 aromatic carbocycles. The molecule has 2 aliphatic carbocycles. The molecule has 0 radical (unpaired) electrons. The molecule has 4 fully saturated rings. The number of fused-ring (bicyclic) bond motifs is 1. The molecule has 2 heterocycles. The smallest absolute Gasteiger partial charge is 0.406 e. The van der Waals surface area contributed by atoms with Gasteiger partial charge in [0.15, 0.2) is 0 Å². The van der Waals surface area contributed by atoms with Crippen LogP contribution in [0.25, 0.3) is 0 Å². The van der Waals surface area contributed by atoms with Gasteiger partial charge in [0.25, 0.3) is 0 Å². The van der Waals surface area contributed by atoms with Crippen molar-refractivity contribution in [1.29, 1.82) is 0 Å². The number of hydrogen-bond acceptors (Lipinski definition) is 4. The molecular formula is C24H29F4N5O4. The summed E-state index contributed by atoms with van der Waals surface area (Å²) in [5, 5.41) is 8.44. The zero-order chi connectivity index (χ0) is 26.6. The van der Waals surface area contributed by atoms with Gasteiger partial charge in [-0.15, -0.1) is 13.2 Å². The highest BCUT2D eigenvalue weighted by Crippen LogP contribution is 2.59. The fourth-order valence-electron chi connectivity index (χ4n) is 6.05. The average Bonchev–Trinajstić information content (AvgIpc) is 3.73. The molecule has 9 nitrogen and oxygen atoms in total. The summed E-state index contributed by atoms with van der Waals surface area (Å²) in [6.07, 6.45) is -0.860. The fraction of sp³-hybridized carbons (Fsp3) is 0.625. The summed E-state index contributed by atoms with van der Waals surface area (Å²) >= 11 is 0.